The highest BCUT2D eigenvalue weighted by Gasteiger charge is 2.30. The molecule has 17 heavy (non-hydrogen) atoms. The van der Waals surface area contributed by atoms with Crippen molar-refractivity contribution in [3.8, 4) is 0 Å². The molecule has 1 saturated heterocycles. The molecule has 0 amide bonds. The maximum Gasteiger partial charge on any atom is 0.346 e. The number of aryl methyl sites for hydroxylation is 1. The summed E-state index contributed by atoms with van der Waals surface area (Å²) < 4.78 is 25.9. The minimum absolute atomic E-state index is 0.0998. The number of hydrogen-bond donors (Lipinski definition) is 1. The fourth-order valence-electron chi connectivity index (χ4n) is 1.85. The van der Waals surface area contributed by atoms with Gasteiger partial charge in [-0.05, 0) is 31.4 Å². The van der Waals surface area contributed by atoms with Gasteiger partial charge in [0.2, 0.25) is 0 Å². The molecule has 0 radical (unpaired) electrons. The summed E-state index contributed by atoms with van der Waals surface area (Å²) >= 11 is 0.832. The first kappa shape index (κ1) is 12.5. The number of sulfonamides is 1. The van der Waals surface area contributed by atoms with Crippen molar-refractivity contribution in [1.82, 2.24) is 4.31 Å². The first-order chi connectivity index (χ1) is 7.93. The third-order valence-corrected chi connectivity index (χ3v) is 6.32. The monoisotopic (exact) mass is 275 g/mol. The summed E-state index contributed by atoms with van der Waals surface area (Å²) in [6, 6.07) is 1.45. The van der Waals surface area contributed by atoms with Crippen LogP contribution in [0.25, 0.3) is 0 Å². The number of thiophene rings is 1. The van der Waals surface area contributed by atoms with Crippen molar-refractivity contribution in [2.24, 2.45) is 0 Å². The summed E-state index contributed by atoms with van der Waals surface area (Å²) in [5.74, 6) is -1.07. The Hall–Kier alpha value is -0.920. The Morgan fingerprint density at radius 3 is 2.47 bits per heavy atom. The molecule has 0 bridgehead atoms. The van der Waals surface area contributed by atoms with E-state index in [9.17, 15) is 13.2 Å². The average Bonchev–Trinajstić information content (AvgIpc) is 2.84. The van der Waals surface area contributed by atoms with E-state index >= 15 is 0 Å². The van der Waals surface area contributed by atoms with Crippen LogP contribution in [0.2, 0.25) is 0 Å². The Labute approximate surface area is 104 Å². The first-order valence-corrected chi connectivity index (χ1v) is 7.52. The molecule has 0 atom stereocenters. The van der Waals surface area contributed by atoms with Crippen LogP contribution in [0.5, 0.6) is 0 Å². The predicted octanol–water partition coefficient (Wildman–Crippen LogP) is 1.54. The van der Waals surface area contributed by atoms with Crippen LogP contribution in [0, 0.1) is 6.92 Å². The number of carbonyl (C=O) groups is 1. The second kappa shape index (κ2) is 4.40. The highest BCUT2D eigenvalue weighted by Crippen LogP contribution is 2.30. The third kappa shape index (κ3) is 2.22. The van der Waals surface area contributed by atoms with Crippen molar-refractivity contribution in [1.29, 1.82) is 0 Å². The maximum atomic E-state index is 12.2. The predicted molar refractivity (Wildman–Crippen MR) is 64.0 cm³/mol. The highest BCUT2D eigenvalue weighted by atomic mass is 32.2. The van der Waals surface area contributed by atoms with Gasteiger partial charge in [-0.1, -0.05) is 0 Å². The smallest absolute Gasteiger partial charge is 0.346 e. The molecule has 0 aromatic carbocycles. The van der Waals surface area contributed by atoms with E-state index in [-0.39, 0.29) is 9.09 Å². The van der Waals surface area contributed by atoms with Gasteiger partial charge in [0.05, 0.1) is 0 Å². The van der Waals surface area contributed by atoms with Gasteiger partial charge >= 0.3 is 5.97 Å². The van der Waals surface area contributed by atoms with Gasteiger partial charge in [0.25, 0.3) is 10.0 Å². The van der Waals surface area contributed by atoms with Crippen molar-refractivity contribution in [2.75, 3.05) is 13.1 Å². The fourth-order valence-corrected chi connectivity index (χ4v) is 4.90. The third-order valence-electron chi connectivity index (χ3n) is 2.75. The molecule has 94 valence electrons. The summed E-state index contributed by atoms with van der Waals surface area (Å²) in [6.07, 6.45) is 1.74. The molecule has 0 saturated carbocycles. The average molecular weight is 275 g/mol. The van der Waals surface area contributed by atoms with Crippen LogP contribution in [0.1, 0.15) is 28.1 Å². The van der Waals surface area contributed by atoms with Crippen molar-refractivity contribution in [3.05, 3.63) is 16.5 Å². The van der Waals surface area contributed by atoms with Crippen molar-refractivity contribution in [3.63, 3.8) is 0 Å². The summed E-state index contributed by atoms with van der Waals surface area (Å²) in [7, 11) is -3.49. The lowest BCUT2D eigenvalue weighted by atomic mass is 10.3. The van der Waals surface area contributed by atoms with Crippen LogP contribution >= 0.6 is 11.3 Å². The zero-order chi connectivity index (χ0) is 12.6. The zero-order valence-corrected chi connectivity index (χ0v) is 11.0. The van der Waals surface area contributed by atoms with E-state index in [0.29, 0.717) is 18.7 Å². The van der Waals surface area contributed by atoms with Crippen LogP contribution in [-0.2, 0) is 10.0 Å². The van der Waals surface area contributed by atoms with Gasteiger partial charge in [-0.15, -0.1) is 11.3 Å². The molecule has 2 heterocycles. The molecule has 2 rings (SSSR count). The van der Waals surface area contributed by atoms with Gasteiger partial charge in [0.1, 0.15) is 9.09 Å². The van der Waals surface area contributed by atoms with E-state index in [4.69, 9.17) is 5.11 Å². The van der Waals surface area contributed by atoms with Crippen LogP contribution in [0.15, 0.2) is 10.3 Å². The number of nitrogens with zero attached hydrogens (tertiary/aromatic N) is 1. The van der Waals surface area contributed by atoms with Crippen LogP contribution in [-0.4, -0.2) is 36.9 Å². The van der Waals surface area contributed by atoms with E-state index in [2.05, 4.69) is 0 Å². The van der Waals surface area contributed by atoms with Crippen LogP contribution < -0.4 is 0 Å². The molecule has 5 nitrogen and oxygen atoms in total. The lowest BCUT2D eigenvalue weighted by Gasteiger charge is -2.13. The molecule has 1 N–H and O–H groups in total. The summed E-state index contributed by atoms with van der Waals surface area (Å²) in [6.45, 7) is 2.67. The minimum Gasteiger partial charge on any atom is -0.477 e. The Kier molecular flexibility index (Phi) is 3.24. The molecule has 0 spiro atoms. The lowest BCUT2D eigenvalue weighted by Crippen LogP contribution is -2.27. The Morgan fingerprint density at radius 2 is 2.00 bits per heavy atom. The molecular weight excluding hydrogens is 262 g/mol. The second-order valence-corrected chi connectivity index (χ2v) is 7.21. The van der Waals surface area contributed by atoms with Crippen LogP contribution in [0.3, 0.4) is 0 Å². The topological polar surface area (TPSA) is 74.7 Å². The molecule has 1 fully saturated rings. The van der Waals surface area contributed by atoms with Gasteiger partial charge in [-0.3, -0.25) is 0 Å². The Balaban J connectivity index is 2.40. The first-order valence-electron chi connectivity index (χ1n) is 5.27. The molecule has 0 unspecified atom stereocenters. The summed E-state index contributed by atoms with van der Waals surface area (Å²) in [4.78, 5) is 11.0. The molecule has 1 aromatic rings. The highest BCUT2D eigenvalue weighted by molar-refractivity contribution is 7.91. The lowest BCUT2D eigenvalue weighted by molar-refractivity contribution is 0.0701. The van der Waals surface area contributed by atoms with Gasteiger partial charge in [-0.25, -0.2) is 13.2 Å². The largest absolute Gasteiger partial charge is 0.477 e. The normalized spacial score (nSPS) is 17.5. The van der Waals surface area contributed by atoms with Gasteiger partial charge in [0, 0.05) is 13.1 Å². The Bertz CT molecular complexity index is 541. The number of carboxylic acid groups (broad SMARTS) is 1. The van der Waals surface area contributed by atoms with Crippen molar-refractivity contribution < 1.29 is 18.3 Å². The van der Waals surface area contributed by atoms with E-state index < -0.39 is 16.0 Å². The van der Waals surface area contributed by atoms with Crippen LogP contribution in [0.4, 0.5) is 0 Å². The number of aromatic carboxylic acids is 1. The molecule has 1 aliphatic heterocycles. The van der Waals surface area contributed by atoms with E-state index in [1.54, 1.807) is 6.92 Å². The van der Waals surface area contributed by atoms with Gasteiger partial charge in [0.15, 0.2) is 0 Å². The number of hydrogen-bond acceptors (Lipinski definition) is 4. The minimum atomic E-state index is -3.49. The molecule has 0 aliphatic carbocycles. The van der Waals surface area contributed by atoms with Crippen molar-refractivity contribution >= 4 is 27.3 Å². The molecular formula is C10H13NO4S2. The maximum absolute atomic E-state index is 12.2. The SMILES string of the molecule is Cc1cc(S(=O)(=O)N2CCCC2)sc1C(=O)O. The van der Waals surface area contributed by atoms with E-state index in [0.717, 1.165) is 24.2 Å². The quantitative estimate of drug-likeness (QED) is 0.908. The van der Waals surface area contributed by atoms with Gasteiger partial charge in [-0.2, -0.15) is 4.31 Å². The fraction of sp³-hybridized carbons (Fsp3) is 0.500. The van der Waals surface area contributed by atoms with Gasteiger partial charge < -0.3 is 5.11 Å². The van der Waals surface area contributed by atoms with E-state index in [1.165, 1.54) is 10.4 Å². The van der Waals surface area contributed by atoms with E-state index in [1.807, 2.05) is 0 Å². The number of carboxylic acids is 1. The zero-order valence-electron chi connectivity index (χ0n) is 9.34. The molecule has 1 aliphatic rings. The summed E-state index contributed by atoms with van der Waals surface area (Å²) in [5.41, 5.74) is 0.500. The molecule has 7 heteroatoms. The Morgan fingerprint density at radius 1 is 1.41 bits per heavy atom. The second-order valence-electron chi connectivity index (χ2n) is 3.99. The van der Waals surface area contributed by atoms with Crippen molar-refractivity contribution in [2.45, 2.75) is 24.0 Å². The summed E-state index contributed by atoms with van der Waals surface area (Å²) in [5, 5.41) is 8.91. The number of rotatable bonds is 3. The molecule has 1 aromatic heterocycles. The standard InChI is InChI=1S/C10H13NO4S2/c1-7-6-8(16-9(7)10(12)13)17(14,15)11-4-2-3-5-11/h6H,2-5H2,1H3,(H,12,13).